The zero-order valence-electron chi connectivity index (χ0n) is 5.97. The summed E-state index contributed by atoms with van der Waals surface area (Å²) in [6.45, 7) is 0. The monoisotopic (exact) mass is 129 g/mol. The highest BCUT2D eigenvalue weighted by molar-refractivity contribution is 4.77. The largest absolute Gasteiger partial charge is 0.380 e. The van der Waals surface area contributed by atoms with Crippen molar-refractivity contribution in [3.8, 4) is 0 Å². The molecule has 9 heavy (non-hydrogen) atoms. The van der Waals surface area contributed by atoms with Crippen molar-refractivity contribution in [2.24, 2.45) is 5.73 Å². The van der Waals surface area contributed by atoms with Crippen molar-refractivity contribution in [1.29, 1.82) is 0 Å². The summed E-state index contributed by atoms with van der Waals surface area (Å²) < 4.78 is 5.18. The summed E-state index contributed by atoms with van der Waals surface area (Å²) in [7, 11) is 1.75. The molecule has 0 aromatic heterocycles. The Balaban J connectivity index is 2.30. The van der Waals surface area contributed by atoms with Crippen LogP contribution in [-0.2, 0) is 4.74 Å². The van der Waals surface area contributed by atoms with Crippen LogP contribution in [0.3, 0.4) is 0 Å². The molecule has 1 aliphatic rings. The summed E-state index contributed by atoms with van der Waals surface area (Å²) in [5, 5.41) is 0. The highest BCUT2D eigenvalue weighted by atomic mass is 16.5. The summed E-state index contributed by atoms with van der Waals surface area (Å²) in [4.78, 5) is 0. The minimum atomic E-state index is 0.295. The Kier molecular flexibility index (Phi) is 2.49. The van der Waals surface area contributed by atoms with Gasteiger partial charge in [-0.2, -0.15) is 0 Å². The van der Waals surface area contributed by atoms with Crippen molar-refractivity contribution >= 4 is 0 Å². The fourth-order valence-corrected chi connectivity index (χ4v) is 1.42. The normalized spacial score (nSPS) is 36.7. The van der Waals surface area contributed by atoms with Crippen molar-refractivity contribution in [2.45, 2.75) is 37.8 Å². The van der Waals surface area contributed by atoms with Crippen LogP contribution in [0.5, 0.6) is 0 Å². The van der Waals surface area contributed by atoms with Gasteiger partial charge in [0, 0.05) is 13.2 Å². The lowest BCUT2D eigenvalue weighted by atomic mass is 9.93. The Bertz CT molecular complexity index is 85.0. The molecule has 1 saturated carbocycles. The molecule has 0 heterocycles. The molecule has 0 spiro atoms. The third-order valence-corrected chi connectivity index (χ3v) is 2.06. The highest BCUT2D eigenvalue weighted by Gasteiger charge is 2.20. The van der Waals surface area contributed by atoms with E-state index in [2.05, 4.69) is 0 Å². The molecule has 0 aromatic carbocycles. The summed E-state index contributed by atoms with van der Waals surface area (Å²) in [5.41, 5.74) is 5.76. The van der Waals surface area contributed by atoms with Crippen LogP contribution in [0.15, 0.2) is 0 Å². The van der Waals surface area contributed by atoms with Crippen LogP contribution in [0, 0.1) is 0 Å². The van der Waals surface area contributed by atoms with E-state index in [4.69, 9.17) is 10.5 Å². The van der Waals surface area contributed by atoms with Gasteiger partial charge in [-0.3, -0.25) is 0 Å². The smallest absolute Gasteiger partial charge is 0.0722 e. The molecule has 1 rings (SSSR count). The molecule has 1 aliphatic carbocycles. The standard InChI is InChI=1S/C7H15NO/c1-9-7-5-3-2-4-6(7)8/h6-7H,2-5,8H2,1H3. The Morgan fingerprint density at radius 3 is 2.44 bits per heavy atom. The van der Waals surface area contributed by atoms with Crippen LogP contribution in [0.1, 0.15) is 25.7 Å². The molecule has 0 saturated heterocycles. The number of hydrogen-bond acceptors (Lipinski definition) is 2. The molecule has 54 valence electrons. The summed E-state index contributed by atoms with van der Waals surface area (Å²) in [6.07, 6.45) is 5.18. The van der Waals surface area contributed by atoms with Gasteiger partial charge in [-0.1, -0.05) is 12.8 Å². The Hall–Kier alpha value is -0.0800. The van der Waals surface area contributed by atoms with Crippen LogP contribution in [0.2, 0.25) is 0 Å². The minimum absolute atomic E-state index is 0.295. The Morgan fingerprint density at radius 1 is 1.33 bits per heavy atom. The molecule has 0 radical (unpaired) electrons. The van der Waals surface area contributed by atoms with Crippen LogP contribution < -0.4 is 5.73 Å². The maximum Gasteiger partial charge on any atom is 0.0722 e. The topological polar surface area (TPSA) is 35.2 Å². The predicted octanol–water partition coefficient (Wildman–Crippen LogP) is 0.903. The molecule has 2 atom stereocenters. The molecule has 0 aliphatic heterocycles. The molecule has 0 amide bonds. The molecule has 2 heteroatoms. The zero-order valence-corrected chi connectivity index (χ0v) is 5.97. The lowest BCUT2D eigenvalue weighted by Crippen LogP contribution is -2.38. The number of hydrogen-bond donors (Lipinski definition) is 1. The Labute approximate surface area is 56.4 Å². The van der Waals surface area contributed by atoms with Gasteiger partial charge < -0.3 is 10.5 Å². The van der Waals surface area contributed by atoms with Crippen molar-refractivity contribution in [3.63, 3.8) is 0 Å². The average molecular weight is 129 g/mol. The molecule has 2 unspecified atom stereocenters. The van der Waals surface area contributed by atoms with Gasteiger partial charge in [-0.15, -0.1) is 0 Å². The molecular formula is C7H15NO. The van der Waals surface area contributed by atoms with Gasteiger partial charge in [0.25, 0.3) is 0 Å². The summed E-state index contributed by atoms with van der Waals surface area (Å²) in [5.74, 6) is 0. The van der Waals surface area contributed by atoms with Gasteiger partial charge in [0.05, 0.1) is 6.10 Å². The maximum atomic E-state index is 5.76. The third-order valence-electron chi connectivity index (χ3n) is 2.06. The van der Waals surface area contributed by atoms with E-state index in [1.807, 2.05) is 0 Å². The fourth-order valence-electron chi connectivity index (χ4n) is 1.42. The first kappa shape index (κ1) is 7.03. The second-order valence-corrected chi connectivity index (χ2v) is 2.72. The number of ether oxygens (including phenoxy) is 1. The van der Waals surface area contributed by atoms with Crippen molar-refractivity contribution < 1.29 is 4.74 Å². The van der Waals surface area contributed by atoms with Gasteiger partial charge in [0.15, 0.2) is 0 Å². The van der Waals surface area contributed by atoms with Crippen molar-refractivity contribution in [3.05, 3.63) is 0 Å². The summed E-state index contributed by atoms with van der Waals surface area (Å²) >= 11 is 0. The molecule has 0 bridgehead atoms. The lowest BCUT2D eigenvalue weighted by Gasteiger charge is -2.26. The van der Waals surface area contributed by atoms with E-state index < -0.39 is 0 Å². The average Bonchev–Trinajstić information content (AvgIpc) is 1.89. The first-order valence-corrected chi connectivity index (χ1v) is 3.63. The molecule has 0 aromatic rings. The molecule has 2 N–H and O–H groups in total. The summed E-state index contributed by atoms with van der Waals surface area (Å²) in [6, 6.07) is 0.295. The second-order valence-electron chi connectivity index (χ2n) is 2.72. The predicted molar refractivity (Wildman–Crippen MR) is 37.2 cm³/mol. The Morgan fingerprint density at radius 2 is 2.00 bits per heavy atom. The van der Waals surface area contributed by atoms with Crippen molar-refractivity contribution in [2.75, 3.05) is 7.11 Å². The van der Waals surface area contributed by atoms with Gasteiger partial charge in [-0.25, -0.2) is 0 Å². The van der Waals surface area contributed by atoms with Gasteiger partial charge in [-0.05, 0) is 12.8 Å². The fraction of sp³-hybridized carbons (Fsp3) is 1.00. The molecule has 2 nitrogen and oxygen atoms in total. The first-order chi connectivity index (χ1) is 4.34. The maximum absolute atomic E-state index is 5.76. The first-order valence-electron chi connectivity index (χ1n) is 3.63. The van der Waals surface area contributed by atoms with E-state index in [1.165, 1.54) is 12.8 Å². The van der Waals surface area contributed by atoms with Crippen LogP contribution >= 0.6 is 0 Å². The second kappa shape index (κ2) is 3.18. The lowest BCUT2D eigenvalue weighted by molar-refractivity contribution is 0.0545. The zero-order chi connectivity index (χ0) is 6.69. The highest BCUT2D eigenvalue weighted by Crippen LogP contribution is 2.18. The van der Waals surface area contributed by atoms with Crippen molar-refractivity contribution in [1.82, 2.24) is 0 Å². The van der Waals surface area contributed by atoms with Crippen LogP contribution in [-0.4, -0.2) is 19.3 Å². The van der Waals surface area contributed by atoms with Gasteiger partial charge >= 0.3 is 0 Å². The van der Waals surface area contributed by atoms with Crippen LogP contribution in [0.4, 0.5) is 0 Å². The van der Waals surface area contributed by atoms with E-state index in [0.717, 1.165) is 12.8 Å². The SMILES string of the molecule is COC1CCCCC1N. The van der Waals surface area contributed by atoms with E-state index in [1.54, 1.807) is 7.11 Å². The number of methoxy groups -OCH3 is 1. The number of nitrogens with two attached hydrogens (primary N) is 1. The van der Waals surface area contributed by atoms with E-state index in [0.29, 0.717) is 12.1 Å². The molecular weight excluding hydrogens is 114 g/mol. The van der Waals surface area contributed by atoms with E-state index in [-0.39, 0.29) is 0 Å². The van der Waals surface area contributed by atoms with Gasteiger partial charge in [0.1, 0.15) is 0 Å². The quantitative estimate of drug-likeness (QED) is 0.571. The third kappa shape index (κ3) is 1.66. The van der Waals surface area contributed by atoms with Gasteiger partial charge in [0.2, 0.25) is 0 Å². The minimum Gasteiger partial charge on any atom is -0.380 e. The molecule has 1 fully saturated rings. The number of rotatable bonds is 1. The van der Waals surface area contributed by atoms with E-state index >= 15 is 0 Å². The van der Waals surface area contributed by atoms with E-state index in [9.17, 15) is 0 Å². The van der Waals surface area contributed by atoms with Crippen LogP contribution in [0.25, 0.3) is 0 Å².